The van der Waals surface area contributed by atoms with E-state index in [4.69, 9.17) is 5.73 Å². The van der Waals surface area contributed by atoms with Crippen molar-refractivity contribution in [3.8, 4) is 0 Å². The fourth-order valence-corrected chi connectivity index (χ4v) is 4.76. The van der Waals surface area contributed by atoms with Crippen LogP contribution in [0.25, 0.3) is 0 Å². The second-order valence-corrected chi connectivity index (χ2v) is 8.95. The molecule has 2 aliphatic carbocycles. The highest BCUT2D eigenvalue weighted by molar-refractivity contribution is 7.89. The topological polar surface area (TPSA) is 101 Å². The first kappa shape index (κ1) is 21.2. The normalized spacial score (nSPS) is 23.2. The fraction of sp³-hybridized carbons (Fsp3) is 0.611. The van der Waals surface area contributed by atoms with Gasteiger partial charge in [0.15, 0.2) is 0 Å². The summed E-state index contributed by atoms with van der Waals surface area (Å²) in [6.45, 7) is 2.38. The number of hydrogen-bond acceptors (Lipinski definition) is 4. The minimum absolute atomic E-state index is 0. The van der Waals surface area contributed by atoms with Gasteiger partial charge in [-0.3, -0.25) is 4.79 Å². The minimum Gasteiger partial charge on any atom is -0.349 e. The number of rotatable bonds is 6. The molecule has 0 spiro atoms. The van der Waals surface area contributed by atoms with Gasteiger partial charge in [-0.15, -0.1) is 12.4 Å². The molecule has 2 fully saturated rings. The summed E-state index contributed by atoms with van der Waals surface area (Å²) in [5.41, 5.74) is 7.02. The Balaban J connectivity index is 0.00000243. The highest BCUT2D eigenvalue weighted by Crippen LogP contribution is 2.25. The van der Waals surface area contributed by atoms with Crippen molar-refractivity contribution in [2.45, 2.75) is 62.4 Å². The molecular weight excluding hydrogens is 374 g/mol. The van der Waals surface area contributed by atoms with Gasteiger partial charge in [0.05, 0.1) is 4.90 Å². The average molecular weight is 402 g/mol. The minimum atomic E-state index is -3.57. The van der Waals surface area contributed by atoms with Gasteiger partial charge in [-0.2, -0.15) is 0 Å². The van der Waals surface area contributed by atoms with E-state index < -0.39 is 10.0 Å². The molecule has 0 aromatic heterocycles. The fourth-order valence-electron chi connectivity index (χ4n) is 3.43. The maximum atomic E-state index is 12.7. The zero-order valence-electron chi connectivity index (χ0n) is 15.0. The van der Waals surface area contributed by atoms with E-state index in [1.807, 2.05) is 6.92 Å². The molecule has 2 unspecified atom stereocenters. The zero-order valence-corrected chi connectivity index (χ0v) is 16.7. The summed E-state index contributed by atoms with van der Waals surface area (Å²) in [6.07, 6.45) is 5.93. The van der Waals surface area contributed by atoms with Crippen LogP contribution in [0.15, 0.2) is 23.1 Å². The van der Waals surface area contributed by atoms with Crippen molar-refractivity contribution in [2.75, 3.05) is 6.54 Å². The molecule has 1 aromatic rings. The van der Waals surface area contributed by atoms with Crippen molar-refractivity contribution in [1.29, 1.82) is 0 Å². The Labute approximate surface area is 161 Å². The number of aryl methyl sites for hydroxylation is 1. The SMILES string of the molecule is Cc1ccc(S(=O)(=O)NC2CC2)cc1C(=O)NC1CCCCC1CN.Cl. The van der Waals surface area contributed by atoms with Gasteiger partial charge in [0, 0.05) is 17.6 Å². The van der Waals surface area contributed by atoms with Crippen LogP contribution < -0.4 is 15.8 Å². The third kappa shape index (κ3) is 4.97. The Kier molecular flexibility index (Phi) is 7.07. The molecule has 2 saturated carbocycles. The van der Waals surface area contributed by atoms with Crippen LogP contribution in [0.4, 0.5) is 0 Å². The van der Waals surface area contributed by atoms with Crippen molar-refractivity contribution in [2.24, 2.45) is 11.7 Å². The van der Waals surface area contributed by atoms with Crippen molar-refractivity contribution in [3.63, 3.8) is 0 Å². The molecule has 0 heterocycles. The standard InChI is InChI=1S/C18H27N3O3S.ClH/c1-12-6-9-15(25(23,24)21-14-7-8-14)10-16(12)18(22)20-17-5-3-2-4-13(17)11-19;/h6,9-10,13-14,17,21H,2-5,7-8,11,19H2,1H3,(H,20,22);1H. The van der Waals surface area contributed by atoms with Crippen LogP contribution in [-0.4, -0.2) is 33.0 Å². The van der Waals surface area contributed by atoms with Gasteiger partial charge in [-0.1, -0.05) is 18.9 Å². The van der Waals surface area contributed by atoms with Crippen molar-refractivity contribution < 1.29 is 13.2 Å². The summed E-state index contributed by atoms with van der Waals surface area (Å²) in [5, 5.41) is 3.07. The van der Waals surface area contributed by atoms with Crippen LogP contribution in [0.5, 0.6) is 0 Å². The van der Waals surface area contributed by atoms with E-state index in [-0.39, 0.29) is 35.3 Å². The molecule has 0 aliphatic heterocycles. The van der Waals surface area contributed by atoms with E-state index in [1.165, 1.54) is 6.07 Å². The first-order valence-corrected chi connectivity index (χ1v) is 10.5. The molecule has 4 N–H and O–H groups in total. The van der Waals surface area contributed by atoms with Gasteiger partial charge in [0.25, 0.3) is 5.91 Å². The highest BCUT2D eigenvalue weighted by Gasteiger charge is 2.29. The van der Waals surface area contributed by atoms with Crippen molar-refractivity contribution in [3.05, 3.63) is 29.3 Å². The van der Waals surface area contributed by atoms with Gasteiger partial charge in [-0.25, -0.2) is 13.1 Å². The summed E-state index contributed by atoms with van der Waals surface area (Å²) < 4.78 is 27.4. The number of nitrogens with one attached hydrogen (secondary N) is 2. The molecular formula is C18H28ClN3O3S. The molecule has 0 radical (unpaired) electrons. The monoisotopic (exact) mass is 401 g/mol. The second kappa shape index (κ2) is 8.69. The van der Waals surface area contributed by atoms with Crippen LogP contribution in [-0.2, 0) is 10.0 Å². The lowest BCUT2D eigenvalue weighted by atomic mass is 9.84. The smallest absolute Gasteiger partial charge is 0.251 e. The van der Waals surface area contributed by atoms with E-state index in [1.54, 1.807) is 12.1 Å². The van der Waals surface area contributed by atoms with E-state index in [9.17, 15) is 13.2 Å². The Morgan fingerprint density at radius 1 is 1.19 bits per heavy atom. The quantitative estimate of drug-likeness (QED) is 0.679. The van der Waals surface area contributed by atoms with E-state index in [0.29, 0.717) is 18.0 Å². The van der Waals surface area contributed by atoms with Crippen LogP contribution in [0.1, 0.15) is 54.4 Å². The molecule has 6 nitrogen and oxygen atoms in total. The number of carbonyl (C=O) groups is 1. The van der Waals surface area contributed by atoms with Crippen molar-refractivity contribution >= 4 is 28.3 Å². The van der Waals surface area contributed by atoms with Gasteiger partial charge >= 0.3 is 0 Å². The summed E-state index contributed by atoms with van der Waals surface area (Å²) in [5.74, 6) is 0.0766. The van der Waals surface area contributed by atoms with Crippen molar-refractivity contribution in [1.82, 2.24) is 10.0 Å². The number of nitrogens with two attached hydrogens (primary N) is 1. The molecule has 0 saturated heterocycles. The van der Waals surface area contributed by atoms with E-state index in [2.05, 4.69) is 10.0 Å². The number of hydrogen-bond donors (Lipinski definition) is 3. The number of carbonyl (C=O) groups excluding carboxylic acids is 1. The molecule has 0 bridgehead atoms. The summed E-state index contributed by atoms with van der Waals surface area (Å²) in [6, 6.07) is 4.83. The predicted molar refractivity (Wildman–Crippen MR) is 104 cm³/mol. The number of benzene rings is 1. The van der Waals surface area contributed by atoms with Gasteiger partial charge < -0.3 is 11.1 Å². The Hall–Kier alpha value is -1.15. The number of halogens is 1. The Morgan fingerprint density at radius 3 is 2.54 bits per heavy atom. The van der Waals surface area contributed by atoms with Crippen LogP contribution in [0.3, 0.4) is 0 Å². The van der Waals surface area contributed by atoms with Crippen LogP contribution in [0.2, 0.25) is 0 Å². The Morgan fingerprint density at radius 2 is 1.88 bits per heavy atom. The largest absolute Gasteiger partial charge is 0.349 e. The van der Waals surface area contributed by atoms with E-state index in [0.717, 1.165) is 44.1 Å². The van der Waals surface area contributed by atoms with Crippen LogP contribution >= 0.6 is 12.4 Å². The average Bonchev–Trinajstić information content (AvgIpc) is 3.38. The predicted octanol–water partition coefficient (Wildman–Crippen LogP) is 2.10. The maximum absolute atomic E-state index is 12.7. The molecule has 2 atom stereocenters. The molecule has 2 aliphatic rings. The summed E-state index contributed by atoms with van der Waals surface area (Å²) >= 11 is 0. The third-order valence-electron chi connectivity index (χ3n) is 5.19. The zero-order chi connectivity index (χ0) is 18.0. The third-order valence-corrected chi connectivity index (χ3v) is 6.71. The first-order valence-electron chi connectivity index (χ1n) is 9.04. The van der Waals surface area contributed by atoms with Gasteiger partial charge in [0.1, 0.15) is 0 Å². The molecule has 146 valence electrons. The number of sulfonamides is 1. The lowest BCUT2D eigenvalue weighted by Crippen LogP contribution is -2.44. The molecule has 1 amide bonds. The van der Waals surface area contributed by atoms with E-state index >= 15 is 0 Å². The highest BCUT2D eigenvalue weighted by atomic mass is 35.5. The molecule has 8 heteroatoms. The second-order valence-electron chi connectivity index (χ2n) is 7.23. The lowest BCUT2D eigenvalue weighted by Gasteiger charge is -2.31. The molecule has 1 aromatic carbocycles. The first-order chi connectivity index (χ1) is 11.9. The summed E-state index contributed by atoms with van der Waals surface area (Å²) in [4.78, 5) is 12.9. The number of amides is 1. The molecule has 26 heavy (non-hydrogen) atoms. The van der Waals surface area contributed by atoms with Gasteiger partial charge in [0.2, 0.25) is 10.0 Å². The Bertz CT molecular complexity index is 750. The maximum Gasteiger partial charge on any atom is 0.251 e. The van der Waals surface area contributed by atoms with Gasteiger partial charge in [-0.05, 0) is 62.8 Å². The lowest BCUT2D eigenvalue weighted by molar-refractivity contribution is 0.0907. The summed E-state index contributed by atoms with van der Waals surface area (Å²) in [7, 11) is -3.57. The molecule has 3 rings (SSSR count). The van der Waals surface area contributed by atoms with Crippen LogP contribution in [0, 0.1) is 12.8 Å².